The number of carboxylic acids is 1. The first kappa shape index (κ1) is 14.4. The second-order valence-electron chi connectivity index (χ2n) is 4.44. The summed E-state index contributed by atoms with van der Waals surface area (Å²) < 4.78 is 5.37. The predicted octanol–water partition coefficient (Wildman–Crippen LogP) is 3.10. The van der Waals surface area contributed by atoms with Crippen LogP contribution in [0.2, 0.25) is 0 Å². The number of nitrogens with zero attached hydrogens (tertiary/aromatic N) is 2. The van der Waals surface area contributed by atoms with Crippen LogP contribution in [0.1, 0.15) is 21.6 Å². The zero-order chi connectivity index (χ0) is 15.6. The summed E-state index contributed by atoms with van der Waals surface area (Å²) in [7, 11) is 0. The van der Waals surface area contributed by atoms with E-state index >= 15 is 0 Å². The highest BCUT2D eigenvalue weighted by molar-refractivity contribution is 5.91. The zero-order valence-electron chi connectivity index (χ0n) is 11.4. The molecule has 1 aromatic carbocycles. The van der Waals surface area contributed by atoms with Gasteiger partial charge in [0.25, 0.3) is 5.88 Å². The van der Waals surface area contributed by atoms with Crippen molar-refractivity contribution in [1.29, 1.82) is 0 Å². The number of hydrogen-bond acceptors (Lipinski definition) is 5. The van der Waals surface area contributed by atoms with Gasteiger partial charge in [-0.05, 0) is 32.0 Å². The molecule has 108 valence electrons. The van der Waals surface area contributed by atoms with Crippen LogP contribution >= 0.6 is 0 Å². The van der Waals surface area contributed by atoms with E-state index in [4.69, 9.17) is 9.84 Å². The first-order valence-electron chi connectivity index (χ1n) is 6.02. The van der Waals surface area contributed by atoms with E-state index in [0.29, 0.717) is 5.69 Å². The summed E-state index contributed by atoms with van der Waals surface area (Å²) in [4.78, 5) is 25.5. The molecule has 0 fully saturated rings. The standard InChI is InChI=1S/C14H12N2O5/c1-8-3-6-12(10(7-8)14(17)18)21-13-11(16(19)20)5-4-9(2)15-13/h3-7H,1-2H3,(H,17,18). The number of nitro groups is 1. The minimum atomic E-state index is -1.18. The van der Waals surface area contributed by atoms with Gasteiger partial charge in [0.1, 0.15) is 11.3 Å². The first-order chi connectivity index (χ1) is 9.88. The van der Waals surface area contributed by atoms with Crippen molar-refractivity contribution in [1.82, 2.24) is 4.98 Å². The summed E-state index contributed by atoms with van der Waals surface area (Å²) in [5, 5.41) is 20.1. The molecule has 0 saturated heterocycles. The molecule has 0 aliphatic heterocycles. The lowest BCUT2D eigenvalue weighted by Crippen LogP contribution is -2.03. The van der Waals surface area contributed by atoms with Gasteiger partial charge < -0.3 is 9.84 Å². The minimum absolute atomic E-state index is 0.00861. The molecule has 0 amide bonds. The number of aryl methyl sites for hydroxylation is 2. The van der Waals surface area contributed by atoms with E-state index in [1.165, 1.54) is 24.3 Å². The number of aromatic nitrogens is 1. The Hall–Kier alpha value is -2.96. The van der Waals surface area contributed by atoms with Gasteiger partial charge in [-0.15, -0.1) is 0 Å². The quantitative estimate of drug-likeness (QED) is 0.685. The minimum Gasteiger partial charge on any atom is -0.478 e. The SMILES string of the molecule is Cc1ccc(Oc2nc(C)ccc2[N+](=O)[O-])c(C(=O)O)c1. The van der Waals surface area contributed by atoms with E-state index in [-0.39, 0.29) is 22.9 Å². The van der Waals surface area contributed by atoms with E-state index in [2.05, 4.69) is 4.98 Å². The van der Waals surface area contributed by atoms with Crippen molar-refractivity contribution in [2.75, 3.05) is 0 Å². The number of aromatic carboxylic acids is 1. The number of pyridine rings is 1. The Balaban J connectivity index is 2.50. The van der Waals surface area contributed by atoms with Crippen molar-refractivity contribution in [3.8, 4) is 11.6 Å². The molecule has 1 N–H and O–H groups in total. The van der Waals surface area contributed by atoms with Gasteiger partial charge in [0.15, 0.2) is 0 Å². The van der Waals surface area contributed by atoms with Crippen molar-refractivity contribution in [2.24, 2.45) is 0 Å². The maximum absolute atomic E-state index is 11.2. The number of hydrogen-bond donors (Lipinski definition) is 1. The van der Waals surface area contributed by atoms with Gasteiger partial charge in [-0.2, -0.15) is 0 Å². The van der Waals surface area contributed by atoms with Crippen molar-refractivity contribution in [2.45, 2.75) is 13.8 Å². The summed E-state index contributed by atoms with van der Waals surface area (Å²) in [6.07, 6.45) is 0. The Kier molecular flexibility index (Phi) is 3.84. The lowest BCUT2D eigenvalue weighted by molar-refractivity contribution is -0.386. The maximum Gasteiger partial charge on any atom is 0.339 e. The van der Waals surface area contributed by atoms with Crippen molar-refractivity contribution < 1.29 is 19.6 Å². The molecule has 0 radical (unpaired) electrons. The van der Waals surface area contributed by atoms with Crippen molar-refractivity contribution >= 4 is 11.7 Å². The molecule has 0 spiro atoms. The van der Waals surface area contributed by atoms with E-state index in [0.717, 1.165) is 5.56 Å². The molecule has 0 saturated carbocycles. The second kappa shape index (κ2) is 5.58. The van der Waals surface area contributed by atoms with Crippen LogP contribution in [0.4, 0.5) is 5.69 Å². The van der Waals surface area contributed by atoms with Gasteiger partial charge >= 0.3 is 11.7 Å². The molecule has 0 aliphatic carbocycles. The average Bonchev–Trinajstić information content (AvgIpc) is 2.40. The van der Waals surface area contributed by atoms with Crippen LogP contribution in [-0.4, -0.2) is 21.0 Å². The van der Waals surface area contributed by atoms with Crippen LogP contribution < -0.4 is 4.74 Å². The van der Waals surface area contributed by atoms with Gasteiger partial charge in [0, 0.05) is 11.8 Å². The molecule has 1 aromatic heterocycles. The number of rotatable bonds is 4. The summed E-state index contributed by atoms with van der Waals surface area (Å²) in [5.41, 5.74) is 0.871. The zero-order valence-corrected chi connectivity index (χ0v) is 11.4. The highest BCUT2D eigenvalue weighted by atomic mass is 16.6. The highest BCUT2D eigenvalue weighted by Crippen LogP contribution is 2.31. The molecule has 2 rings (SSSR count). The Morgan fingerprint density at radius 2 is 2.00 bits per heavy atom. The van der Waals surface area contributed by atoms with Crippen LogP contribution in [0.15, 0.2) is 30.3 Å². The number of benzene rings is 1. The number of carbonyl (C=O) groups is 1. The Bertz CT molecular complexity index is 727. The largest absolute Gasteiger partial charge is 0.478 e. The van der Waals surface area contributed by atoms with E-state index in [1.54, 1.807) is 19.9 Å². The van der Waals surface area contributed by atoms with Crippen molar-refractivity contribution in [3.05, 3.63) is 57.3 Å². The monoisotopic (exact) mass is 288 g/mol. The third-order valence-electron chi connectivity index (χ3n) is 2.75. The van der Waals surface area contributed by atoms with E-state index < -0.39 is 10.9 Å². The highest BCUT2D eigenvalue weighted by Gasteiger charge is 2.20. The van der Waals surface area contributed by atoms with Crippen LogP contribution in [-0.2, 0) is 0 Å². The molecule has 0 aliphatic rings. The van der Waals surface area contributed by atoms with Crippen LogP contribution in [0, 0.1) is 24.0 Å². The fourth-order valence-corrected chi connectivity index (χ4v) is 1.74. The van der Waals surface area contributed by atoms with Crippen molar-refractivity contribution in [3.63, 3.8) is 0 Å². The van der Waals surface area contributed by atoms with Gasteiger partial charge in [-0.3, -0.25) is 10.1 Å². The molecule has 7 heteroatoms. The summed E-state index contributed by atoms with van der Waals surface area (Å²) in [6.45, 7) is 3.40. The maximum atomic E-state index is 11.2. The number of ether oxygens (including phenoxy) is 1. The normalized spacial score (nSPS) is 10.2. The topological polar surface area (TPSA) is 103 Å². The lowest BCUT2D eigenvalue weighted by Gasteiger charge is -2.09. The molecular formula is C14H12N2O5. The molecule has 0 atom stereocenters. The summed E-state index contributed by atoms with van der Waals surface area (Å²) >= 11 is 0. The molecule has 21 heavy (non-hydrogen) atoms. The van der Waals surface area contributed by atoms with Gasteiger partial charge in [-0.25, -0.2) is 9.78 Å². The Morgan fingerprint density at radius 1 is 1.29 bits per heavy atom. The lowest BCUT2D eigenvalue weighted by atomic mass is 10.1. The van der Waals surface area contributed by atoms with Crippen LogP contribution in [0.3, 0.4) is 0 Å². The third kappa shape index (κ3) is 3.14. The first-order valence-corrected chi connectivity index (χ1v) is 6.02. The Labute approximate surface area is 120 Å². The molecule has 2 aromatic rings. The molecule has 0 bridgehead atoms. The predicted molar refractivity (Wildman–Crippen MR) is 73.8 cm³/mol. The van der Waals surface area contributed by atoms with Gasteiger partial charge in [0.2, 0.25) is 0 Å². The van der Waals surface area contributed by atoms with E-state index in [9.17, 15) is 14.9 Å². The Morgan fingerprint density at radius 3 is 2.62 bits per heavy atom. The summed E-state index contributed by atoms with van der Waals surface area (Å²) in [6, 6.07) is 7.29. The van der Waals surface area contributed by atoms with Gasteiger partial charge in [-0.1, -0.05) is 11.6 Å². The average molecular weight is 288 g/mol. The smallest absolute Gasteiger partial charge is 0.339 e. The fourth-order valence-electron chi connectivity index (χ4n) is 1.74. The fraction of sp³-hybridized carbons (Fsp3) is 0.143. The van der Waals surface area contributed by atoms with Crippen LogP contribution in [0.25, 0.3) is 0 Å². The summed E-state index contributed by atoms with van der Waals surface area (Å²) in [5.74, 6) is -1.40. The van der Waals surface area contributed by atoms with Crippen LogP contribution in [0.5, 0.6) is 11.6 Å². The molecular weight excluding hydrogens is 276 g/mol. The molecule has 0 unspecified atom stereocenters. The molecule has 7 nitrogen and oxygen atoms in total. The third-order valence-corrected chi connectivity index (χ3v) is 2.75. The second-order valence-corrected chi connectivity index (χ2v) is 4.44. The number of carboxylic acid groups (broad SMARTS) is 1. The van der Waals surface area contributed by atoms with Gasteiger partial charge in [0.05, 0.1) is 4.92 Å². The van der Waals surface area contributed by atoms with E-state index in [1.807, 2.05) is 0 Å². The molecule has 1 heterocycles.